The standard InChI is InChI=1S/C14H18FNO2/c1-10-11(2)18-7-6-16(10)14(17)9-12-4-3-5-13(15)8-12/h3-5,8,10-11H,6-7,9H2,1-2H3. The van der Waals surface area contributed by atoms with Crippen molar-refractivity contribution < 1.29 is 13.9 Å². The third-order valence-electron chi connectivity index (χ3n) is 3.45. The lowest BCUT2D eigenvalue weighted by Gasteiger charge is -2.38. The number of morpholine rings is 1. The van der Waals surface area contributed by atoms with Crippen molar-refractivity contribution in [3.8, 4) is 0 Å². The molecule has 2 atom stereocenters. The van der Waals surface area contributed by atoms with E-state index in [1.54, 1.807) is 12.1 Å². The van der Waals surface area contributed by atoms with E-state index in [1.807, 2.05) is 18.7 Å². The quantitative estimate of drug-likeness (QED) is 0.804. The molecule has 0 spiro atoms. The third-order valence-corrected chi connectivity index (χ3v) is 3.45. The van der Waals surface area contributed by atoms with E-state index in [0.29, 0.717) is 18.7 Å². The molecule has 0 bridgehead atoms. The Kier molecular flexibility index (Phi) is 3.97. The summed E-state index contributed by atoms with van der Waals surface area (Å²) >= 11 is 0. The van der Waals surface area contributed by atoms with E-state index in [4.69, 9.17) is 4.74 Å². The highest BCUT2D eigenvalue weighted by molar-refractivity contribution is 5.79. The van der Waals surface area contributed by atoms with Gasteiger partial charge in [0.1, 0.15) is 5.82 Å². The zero-order valence-corrected chi connectivity index (χ0v) is 10.7. The predicted octanol–water partition coefficient (Wildman–Crippen LogP) is 2.00. The van der Waals surface area contributed by atoms with Gasteiger partial charge < -0.3 is 9.64 Å². The molecule has 1 aliphatic rings. The van der Waals surface area contributed by atoms with Gasteiger partial charge in [-0.25, -0.2) is 4.39 Å². The summed E-state index contributed by atoms with van der Waals surface area (Å²) in [5, 5.41) is 0. The van der Waals surface area contributed by atoms with E-state index >= 15 is 0 Å². The highest BCUT2D eigenvalue weighted by Gasteiger charge is 2.28. The number of carbonyl (C=O) groups excluding carboxylic acids is 1. The lowest BCUT2D eigenvalue weighted by Crippen LogP contribution is -2.51. The van der Waals surface area contributed by atoms with Crippen LogP contribution in [0.1, 0.15) is 19.4 Å². The molecule has 0 radical (unpaired) electrons. The second kappa shape index (κ2) is 5.48. The van der Waals surface area contributed by atoms with Crippen LogP contribution in [-0.4, -0.2) is 36.1 Å². The van der Waals surface area contributed by atoms with Crippen molar-refractivity contribution in [3.63, 3.8) is 0 Å². The second-order valence-electron chi connectivity index (χ2n) is 4.71. The minimum absolute atomic E-state index is 0.0308. The van der Waals surface area contributed by atoms with Crippen LogP contribution in [0, 0.1) is 5.82 Å². The second-order valence-corrected chi connectivity index (χ2v) is 4.71. The van der Waals surface area contributed by atoms with Crippen molar-refractivity contribution in [2.75, 3.05) is 13.2 Å². The van der Waals surface area contributed by atoms with Crippen LogP contribution in [0.15, 0.2) is 24.3 Å². The molecule has 1 fully saturated rings. The van der Waals surface area contributed by atoms with E-state index < -0.39 is 0 Å². The van der Waals surface area contributed by atoms with Crippen LogP contribution in [0.4, 0.5) is 4.39 Å². The summed E-state index contributed by atoms with van der Waals surface area (Å²) in [6.45, 7) is 5.12. The number of benzene rings is 1. The fourth-order valence-electron chi connectivity index (χ4n) is 2.21. The van der Waals surface area contributed by atoms with Gasteiger partial charge in [-0.3, -0.25) is 4.79 Å². The van der Waals surface area contributed by atoms with Gasteiger partial charge in [0.25, 0.3) is 0 Å². The molecule has 0 saturated carbocycles. The smallest absolute Gasteiger partial charge is 0.227 e. The van der Waals surface area contributed by atoms with Crippen molar-refractivity contribution >= 4 is 5.91 Å². The Hall–Kier alpha value is -1.42. The van der Waals surface area contributed by atoms with Gasteiger partial charge in [-0.15, -0.1) is 0 Å². The zero-order valence-electron chi connectivity index (χ0n) is 10.7. The highest BCUT2D eigenvalue weighted by Crippen LogP contribution is 2.15. The molecule has 3 nitrogen and oxygen atoms in total. The van der Waals surface area contributed by atoms with Gasteiger partial charge in [-0.2, -0.15) is 0 Å². The van der Waals surface area contributed by atoms with Crippen LogP contribution >= 0.6 is 0 Å². The molecule has 1 aliphatic heterocycles. The summed E-state index contributed by atoms with van der Waals surface area (Å²) in [6, 6.07) is 6.26. The molecule has 0 aliphatic carbocycles. The number of hydrogen-bond donors (Lipinski definition) is 0. The summed E-state index contributed by atoms with van der Waals surface area (Å²) < 4.78 is 18.5. The number of amides is 1. The third kappa shape index (κ3) is 2.88. The molecule has 2 rings (SSSR count). The van der Waals surface area contributed by atoms with Gasteiger partial charge in [0.05, 0.1) is 25.2 Å². The van der Waals surface area contributed by atoms with E-state index in [1.165, 1.54) is 12.1 Å². The molecule has 98 valence electrons. The number of rotatable bonds is 2. The largest absolute Gasteiger partial charge is 0.375 e. The first-order valence-corrected chi connectivity index (χ1v) is 6.23. The molecular weight excluding hydrogens is 233 g/mol. The SMILES string of the molecule is CC1OCCN(C(=O)Cc2cccc(F)c2)C1C. The van der Waals surface area contributed by atoms with Crippen LogP contribution in [0.25, 0.3) is 0 Å². The van der Waals surface area contributed by atoms with E-state index in [-0.39, 0.29) is 30.3 Å². The van der Waals surface area contributed by atoms with Gasteiger partial charge in [0, 0.05) is 6.54 Å². The first kappa shape index (κ1) is 13.0. The molecule has 0 N–H and O–H groups in total. The lowest BCUT2D eigenvalue weighted by molar-refractivity contribution is -0.143. The molecule has 18 heavy (non-hydrogen) atoms. The lowest BCUT2D eigenvalue weighted by atomic mass is 10.1. The minimum Gasteiger partial charge on any atom is -0.375 e. The summed E-state index contributed by atoms with van der Waals surface area (Å²) in [7, 11) is 0. The molecule has 1 saturated heterocycles. The molecule has 1 aromatic rings. The molecule has 4 heteroatoms. The number of carbonyl (C=O) groups is 1. The topological polar surface area (TPSA) is 29.5 Å². The highest BCUT2D eigenvalue weighted by atomic mass is 19.1. The maximum Gasteiger partial charge on any atom is 0.227 e. The van der Waals surface area contributed by atoms with Crippen LogP contribution in [-0.2, 0) is 16.0 Å². The zero-order chi connectivity index (χ0) is 13.1. The van der Waals surface area contributed by atoms with Crippen LogP contribution < -0.4 is 0 Å². The van der Waals surface area contributed by atoms with Crippen LogP contribution in [0.2, 0.25) is 0 Å². The Bertz CT molecular complexity index is 436. The van der Waals surface area contributed by atoms with Gasteiger partial charge in [0.15, 0.2) is 0 Å². The maximum atomic E-state index is 13.1. The van der Waals surface area contributed by atoms with Gasteiger partial charge >= 0.3 is 0 Å². The van der Waals surface area contributed by atoms with Crippen molar-refractivity contribution in [2.24, 2.45) is 0 Å². The number of hydrogen-bond acceptors (Lipinski definition) is 2. The number of nitrogens with zero attached hydrogens (tertiary/aromatic N) is 1. The van der Waals surface area contributed by atoms with E-state index in [9.17, 15) is 9.18 Å². The molecule has 1 aromatic carbocycles. The molecule has 1 amide bonds. The van der Waals surface area contributed by atoms with Gasteiger partial charge in [0.2, 0.25) is 5.91 Å². The molecule has 2 unspecified atom stereocenters. The van der Waals surface area contributed by atoms with Gasteiger partial charge in [-0.05, 0) is 31.5 Å². The van der Waals surface area contributed by atoms with Crippen molar-refractivity contribution in [1.29, 1.82) is 0 Å². The monoisotopic (exact) mass is 251 g/mol. The van der Waals surface area contributed by atoms with Crippen LogP contribution in [0.3, 0.4) is 0 Å². The Morgan fingerprint density at radius 2 is 2.28 bits per heavy atom. The van der Waals surface area contributed by atoms with E-state index in [2.05, 4.69) is 0 Å². The number of ether oxygens (including phenoxy) is 1. The summed E-state index contributed by atoms with van der Waals surface area (Å²) in [5.41, 5.74) is 0.714. The summed E-state index contributed by atoms with van der Waals surface area (Å²) in [5.74, 6) is -0.271. The Balaban J connectivity index is 2.03. The first-order chi connectivity index (χ1) is 8.58. The Morgan fingerprint density at radius 3 is 3.00 bits per heavy atom. The van der Waals surface area contributed by atoms with Crippen molar-refractivity contribution in [1.82, 2.24) is 4.90 Å². The fraction of sp³-hybridized carbons (Fsp3) is 0.500. The minimum atomic E-state index is -0.302. The fourth-order valence-corrected chi connectivity index (χ4v) is 2.21. The maximum absolute atomic E-state index is 13.1. The van der Waals surface area contributed by atoms with Crippen molar-refractivity contribution in [3.05, 3.63) is 35.6 Å². The van der Waals surface area contributed by atoms with Gasteiger partial charge in [-0.1, -0.05) is 12.1 Å². The first-order valence-electron chi connectivity index (χ1n) is 6.23. The number of halogens is 1. The molecule has 1 heterocycles. The normalized spacial score (nSPS) is 24.1. The van der Waals surface area contributed by atoms with Crippen LogP contribution in [0.5, 0.6) is 0 Å². The summed E-state index contributed by atoms with van der Waals surface area (Å²) in [6.07, 6.45) is 0.296. The Labute approximate surface area is 107 Å². The predicted molar refractivity (Wildman–Crippen MR) is 66.7 cm³/mol. The average molecular weight is 251 g/mol. The van der Waals surface area contributed by atoms with Crippen molar-refractivity contribution in [2.45, 2.75) is 32.4 Å². The molecular formula is C14H18FNO2. The summed E-state index contributed by atoms with van der Waals surface area (Å²) in [4.78, 5) is 14.0. The average Bonchev–Trinajstić information content (AvgIpc) is 2.32. The Morgan fingerprint density at radius 1 is 1.50 bits per heavy atom. The van der Waals surface area contributed by atoms with E-state index in [0.717, 1.165) is 0 Å². The molecule has 0 aromatic heterocycles.